The SMILES string of the molecule is C=CC(C)CCCCN(CC)CCCNC. The smallest absolute Gasteiger partial charge is 0.000676 e. The van der Waals surface area contributed by atoms with Crippen molar-refractivity contribution in [2.75, 3.05) is 33.2 Å². The molecule has 1 unspecified atom stereocenters. The zero-order valence-corrected chi connectivity index (χ0v) is 11.5. The molecule has 0 saturated heterocycles. The summed E-state index contributed by atoms with van der Waals surface area (Å²) in [6.07, 6.45) is 7.26. The normalized spacial score (nSPS) is 13.0. The molecule has 0 bridgehead atoms. The maximum absolute atomic E-state index is 3.82. The molecule has 0 rings (SSSR count). The van der Waals surface area contributed by atoms with Gasteiger partial charge < -0.3 is 10.2 Å². The van der Waals surface area contributed by atoms with E-state index in [0.717, 1.165) is 6.54 Å². The number of allylic oxidation sites excluding steroid dienone is 1. The predicted octanol–water partition coefficient (Wildman–Crippen LogP) is 2.91. The van der Waals surface area contributed by atoms with Crippen LogP contribution < -0.4 is 5.32 Å². The number of nitrogens with one attached hydrogen (secondary N) is 1. The summed E-state index contributed by atoms with van der Waals surface area (Å²) in [5.41, 5.74) is 0. The van der Waals surface area contributed by atoms with Gasteiger partial charge in [0.25, 0.3) is 0 Å². The van der Waals surface area contributed by atoms with Gasteiger partial charge in [0.15, 0.2) is 0 Å². The highest BCUT2D eigenvalue weighted by atomic mass is 15.1. The Morgan fingerprint density at radius 1 is 1.25 bits per heavy atom. The number of unbranched alkanes of at least 4 members (excludes halogenated alkanes) is 1. The molecule has 1 N–H and O–H groups in total. The highest BCUT2D eigenvalue weighted by Crippen LogP contribution is 2.08. The van der Waals surface area contributed by atoms with E-state index in [4.69, 9.17) is 0 Å². The van der Waals surface area contributed by atoms with Crippen LogP contribution in [0.3, 0.4) is 0 Å². The third-order valence-electron chi connectivity index (χ3n) is 3.13. The van der Waals surface area contributed by atoms with E-state index >= 15 is 0 Å². The van der Waals surface area contributed by atoms with Crippen molar-refractivity contribution in [3.63, 3.8) is 0 Å². The summed E-state index contributed by atoms with van der Waals surface area (Å²) in [4.78, 5) is 2.55. The second-order valence-electron chi connectivity index (χ2n) is 4.60. The van der Waals surface area contributed by atoms with E-state index in [1.165, 1.54) is 45.3 Å². The van der Waals surface area contributed by atoms with Crippen molar-refractivity contribution in [2.24, 2.45) is 5.92 Å². The van der Waals surface area contributed by atoms with E-state index in [1.807, 2.05) is 7.05 Å². The molecule has 0 radical (unpaired) electrons. The molecule has 0 spiro atoms. The molecule has 0 aromatic carbocycles. The number of hydrogen-bond donors (Lipinski definition) is 1. The third kappa shape index (κ3) is 8.93. The van der Waals surface area contributed by atoms with Crippen LogP contribution in [0.5, 0.6) is 0 Å². The van der Waals surface area contributed by atoms with E-state index in [1.54, 1.807) is 0 Å². The van der Waals surface area contributed by atoms with Crippen LogP contribution in [0.2, 0.25) is 0 Å². The Kier molecular flexibility index (Phi) is 10.9. The van der Waals surface area contributed by atoms with Gasteiger partial charge in [-0.05, 0) is 58.4 Å². The van der Waals surface area contributed by atoms with E-state index in [2.05, 4.69) is 36.7 Å². The number of nitrogens with zero attached hydrogens (tertiary/aromatic N) is 1. The molecule has 96 valence electrons. The minimum absolute atomic E-state index is 0.680. The Labute approximate surface area is 102 Å². The average molecular weight is 226 g/mol. The topological polar surface area (TPSA) is 15.3 Å². The van der Waals surface area contributed by atoms with Crippen molar-refractivity contribution in [1.82, 2.24) is 10.2 Å². The van der Waals surface area contributed by atoms with Crippen molar-refractivity contribution in [3.05, 3.63) is 12.7 Å². The molecular weight excluding hydrogens is 196 g/mol. The lowest BCUT2D eigenvalue weighted by molar-refractivity contribution is 0.275. The first kappa shape index (κ1) is 15.7. The van der Waals surface area contributed by atoms with Gasteiger partial charge >= 0.3 is 0 Å². The largest absolute Gasteiger partial charge is 0.320 e. The van der Waals surface area contributed by atoms with Crippen LogP contribution in [0.25, 0.3) is 0 Å². The van der Waals surface area contributed by atoms with Crippen LogP contribution in [0, 0.1) is 5.92 Å². The average Bonchev–Trinajstić information content (AvgIpc) is 2.31. The Morgan fingerprint density at radius 2 is 1.94 bits per heavy atom. The summed E-state index contributed by atoms with van der Waals surface area (Å²) >= 11 is 0. The quantitative estimate of drug-likeness (QED) is 0.430. The fraction of sp³-hybridized carbons (Fsp3) is 0.857. The van der Waals surface area contributed by atoms with Gasteiger partial charge in [-0.2, -0.15) is 0 Å². The second kappa shape index (κ2) is 11.2. The Morgan fingerprint density at radius 3 is 2.50 bits per heavy atom. The van der Waals surface area contributed by atoms with Crippen molar-refractivity contribution in [2.45, 2.75) is 39.5 Å². The van der Waals surface area contributed by atoms with Crippen molar-refractivity contribution in [3.8, 4) is 0 Å². The van der Waals surface area contributed by atoms with E-state index in [9.17, 15) is 0 Å². The van der Waals surface area contributed by atoms with Gasteiger partial charge in [-0.1, -0.05) is 26.3 Å². The van der Waals surface area contributed by atoms with Crippen LogP contribution in [0.15, 0.2) is 12.7 Å². The minimum atomic E-state index is 0.680. The lowest BCUT2D eigenvalue weighted by atomic mass is 10.0. The molecule has 2 heteroatoms. The third-order valence-corrected chi connectivity index (χ3v) is 3.13. The van der Waals surface area contributed by atoms with Crippen LogP contribution in [0.4, 0.5) is 0 Å². The molecule has 2 nitrogen and oxygen atoms in total. The van der Waals surface area contributed by atoms with Crippen LogP contribution in [0.1, 0.15) is 39.5 Å². The van der Waals surface area contributed by atoms with Crippen LogP contribution in [-0.4, -0.2) is 38.1 Å². The monoisotopic (exact) mass is 226 g/mol. The lowest BCUT2D eigenvalue weighted by Crippen LogP contribution is -2.27. The van der Waals surface area contributed by atoms with Gasteiger partial charge in [-0.3, -0.25) is 0 Å². The molecule has 0 aliphatic rings. The maximum Gasteiger partial charge on any atom is -0.000676 e. The summed E-state index contributed by atoms with van der Waals surface area (Å²) in [5, 5.41) is 3.20. The molecule has 1 atom stereocenters. The lowest BCUT2D eigenvalue weighted by Gasteiger charge is -2.20. The van der Waals surface area contributed by atoms with Gasteiger partial charge in [-0.15, -0.1) is 6.58 Å². The molecule has 0 fully saturated rings. The fourth-order valence-electron chi connectivity index (χ4n) is 1.83. The van der Waals surface area contributed by atoms with Crippen molar-refractivity contribution >= 4 is 0 Å². The van der Waals surface area contributed by atoms with Crippen molar-refractivity contribution < 1.29 is 0 Å². The summed E-state index contributed by atoms with van der Waals surface area (Å²) < 4.78 is 0. The first-order chi connectivity index (χ1) is 7.74. The Hall–Kier alpha value is -0.340. The van der Waals surface area contributed by atoms with Crippen LogP contribution >= 0.6 is 0 Å². The zero-order chi connectivity index (χ0) is 12.2. The molecule has 16 heavy (non-hydrogen) atoms. The number of rotatable bonds is 11. The summed E-state index contributed by atoms with van der Waals surface area (Å²) in [7, 11) is 2.02. The molecule has 0 aromatic heterocycles. The van der Waals surface area contributed by atoms with Gasteiger partial charge in [0.2, 0.25) is 0 Å². The Bertz CT molecular complexity index is 157. The predicted molar refractivity (Wildman–Crippen MR) is 73.9 cm³/mol. The molecule has 0 aliphatic heterocycles. The highest BCUT2D eigenvalue weighted by Gasteiger charge is 2.02. The van der Waals surface area contributed by atoms with E-state index < -0.39 is 0 Å². The molecular formula is C14H30N2. The molecule has 0 amide bonds. The standard InChI is InChI=1S/C14H30N2/c1-5-14(3)10-7-8-12-16(6-2)13-9-11-15-4/h5,14-15H,1,6-13H2,2-4H3. The summed E-state index contributed by atoms with van der Waals surface area (Å²) in [6.45, 7) is 13.1. The van der Waals surface area contributed by atoms with E-state index in [-0.39, 0.29) is 0 Å². The fourth-order valence-corrected chi connectivity index (χ4v) is 1.83. The van der Waals surface area contributed by atoms with Gasteiger partial charge in [-0.25, -0.2) is 0 Å². The van der Waals surface area contributed by atoms with Gasteiger partial charge in [0.05, 0.1) is 0 Å². The summed E-state index contributed by atoms with van der Waals surface area (Å²) in [5.74, 6) is 0.680. The molecule has 0 heterocycles. The highest BCUT2D eigenvalue weighted by molar-refractivity contribution is 4.74. The Balaban J connectivity index is 3.43. The van der Waals surface area contributed by atoms with E-state index in [0.29, 0.717) is 5.92 Å². The van der Waals surface area contributed by atoms with Crippen LogP contribution in [-0.2, 0) is 0 Å². The molecule has 0 aliphatic carbocycles. The van der Waals surface area contributed by atoms with Gasteiger partial charge in [0.1, 0.15) is 0 Å². The number of hydrogen-bond acceptors (Lipinski definition) is 2. The molecule has 0 saturated carbocycles. The summed E-state index contributed by atoms with van der Waals surface area (Å²) in [6, 6.07) is 0. The van der Waals surface area contributed by atoms with Crippen molar-refractivity contribution in [1.29, 1.82) is 0 Å². The zero-order valence-electron chi connectivity index (χ0n) is 11.5. The maximum atomic E-state index is 3.82. The second-order valence-corrected chi connectivity index (χ2v) is 4.60. The first-order valence-corrected chi connectivity index (χ1v) is 6.74. The molecule has 0 aromatic rings. The minimum Gasteiger partial charge on any atom is -0.320 e. The van der Waals surface area contributed by atoms with Gasteiger partial charge in [0, 0.05) is 0 Å². The first-order valence-electron chi connectivity index (χ1n) is 6.74.